The Morgan fingerprint density at radius 2 is 2.16 bits per heavy atom. The summed E-state index contributed by atoms with van der Waals surface area (Å²) >= 11 is 0. The van der Waals surface area contributed by atoms with Crippen LogP contribution in [0.1, 0.15) is 25.5 Å². The van der Waals surface area contributed by atoms with Crippen molar-refractivity contribution in [3.05, 3.63) is 23.8 Å². The van der Waals surface area contributed by atoms with Crippen LogP contribution in [0.3, 0.4) is 0 Å². The number of carbonyl (C=O) groups excluding carboxylic acids is 1. The van der Waals surface area contributed by atoms with Gasteiger partial charge in [-0.25, -0.2) is 5.43 Å². The lowest BCUT2D eigenvalue weighted by atomic mass is 9.96. The third-order valence-electron chi connectivity index (χ3n) is 3.31. The first-order valence-corrected chi connectivity index (χ1v) is 6.25. The van der Waals surface area contributed by atoms with E-state index in [4.69, 9.17) is 10.5 Å². The molecular formula is C13H20N4O2. The maximum absolute atomic E-state index is 11.1. The average molecular weight is 264 g/mol. The number of carbonyl (C=O) groups is 1. The standard InChI is InChI=1S/C13H20N4O2/c1-7-12(14)13(17-16-7)10-6-9(15-8(2)18)4-5-11(10)19-3/h4-7,12-13,16-17H,14H2,1-3H3,(H,15,18). The van der Waals surface area contributed by atoms with Gasteiger partial charge in [-0.3, -0.25) is 10.2 Å². The van der Waals surface area contributed by atoms with E-state index in [0.717, 1.165) is 17.0 Å². The van der Waals surface area contributed by atoms with Gasteiger partial charge in [-0.05, 0) is 25.1 Å². The molecule has 0 aromatic heterocycles. The zero-order valence-electron chi connectivity index (χ0n) is 11.4. The molecule has 1 aliphatic rings. The maximum Gasteiger partial charge on any atom is 0.221 e. The number of rotatable bonds is 3. The highest BCUT2D eigenvalue weighted by molar-refractivity contribution is 5.88. The largest absolute Gasteiger partial charge is 0.496 e. The minimum absolute atomic E-state index is 0.0568. The fourth-order valence-corrected chi connectivity index (χ4v) is 2.25. The molecule has 1 fully saturated rings. The Morgan fingerprint density at radius 1 is 1.42 bits per heavy atom. The normalized spacial score (nSPS) is 26.2. The maximum atomic E-state index is 11.1. The third kappa shape index (κ3) is 2.86. The van der Waals surface area contributed by atoms with Crippen LogP contribution in [0.4, 0.5) is 5.69 Å². The van der Waals surface area contributed by atoms with E-state index in [9.17, 15) is 4.79 Å². The molecule has 0 aliphatic carbocycles. The van der Waals surface area contributed by atoms with Crippen molar-refractivity contribution in [1.29, 1.82) is 0 Å². The molecule has 1 heterocycles. The van der Waals surface area contributed by atoms with Crippen molar-refractivity contribution < 1.29 is 9.53 Å². The fraction of sp³-hybridized carbons (Fsp3) is 0.462. The summed E-state index contributed by atoms with van der Waals surface area (Å²) in [5, 5.41) is 2.76. The number of hydrazine groups is 1. The Balaban J connectivity index is 2.33. The zero-order valence-corrected chi connectivity index (χ0v) is 11.4. The van der Waals surface area contributed by atoms with Crippen molar-refractivity contribution in [1.82, 2.24) is 10.9 Å². The van der Waals surface area contributed by atoms with Crippen molar-refractivity contribution in [3.63, 3.8) is 0 Å². The van der Waals surface area contributed by atoms with Crippen molar-refractivity contribution in [2.75, 3.05) is 12.4 Å². The molecule has 19 heavy (non-hydrogen) atoms. The van der Waals surface area contributed by atoms with Crippen LogP contribution in [0.15, 0.2) is 18.2 Å². The van der Waals surface area contributed by atoms with Gasteiger partial charge < -0.3 is 15.8 Å². The van der Waals surface area contributed by atoms with E-state index < -0.39 is 0 Å². The summed E-state index contributed by atoms with van der Waals surface area (Å²) < 4.78 is 5.37. The summed E-state index contributed by atoms with van der Waals surface area (Å²) in [5.74, 6) is 0.643. The van der Waals surface area contributed by atoms with Crippen molar-refractivity contribution in [2.45, 2.75) is 32.0 Å². The van der Waals surface area contributed by atoms with E-state index >= 15 is 0 Å². The van der Waals surface area contributed by atoms with Crippen molar-refractivity contribution in [3.8, 4) is 5.75 Å². The van der Waals surface area contributed by atoms with Gasteiger partial charge in [-0.1, -0.05) is 0 Å². The lowest BCUT2D eigenvalue weighted by Gasteiger charge is -2.20. The predicted molar refractivity (Wildman–Crippen MR) is 73.7 cm³/mol. The second-order valence-corrected chi connectivity index (χ2v) is 4.77. The van der Waals surface area contributed by atoms with Gasteiger partial charge in [0.2, 0.25) is 5.91 Å². The number of hydrogen-bond acceptors (Lipinski definition) is 5. The summed E-state index contributed by atoms with van der Waals surface area (Å²) in [5.41, 5.74) is 14.1. The van der Waals surface area contributed by atoms with Crippen LogP contribution in [-0.2, 0) is 4.79 Å². The first-order valence-electron chi connectivity index (χ1n) is 6.25. The lowest BCUT2D eigenvalue weighted by molar-refractivity contribution is -0.114. The van der Waals surface area contributed by atoms with E-state index in [-0.39, 0.29) is 24.0 Å². The molecule has 1 amide bonds. The Bertz CT molecular complexity index is 478. The molecule has 1 aromatic rings. The second kappa shape index (κ2) is 5.56. The third-order valence-corrected chi connectivity index (χ3v) is 3.31. The summed E-state index contributed by atoms with van der Waals surface area (Å²) in [6, 6.07) is 5.57. The molecule has 0 saturated carbocycles. The van der Waals surface area contributed by atoms with E-state index in [1.54, 1.807) is 13.2 Å². The van der Waals surface area contributed by atoms with Crippen molar-refractivity contribution in [2.24, 2.45) is 5.73 Å². The fourth-order valence-electron chi connectivity index (χ4n) is 2.25. The molecule has 3 atom stereocenters. The second-order valence-electron chi connectivity index (χ2n) is 4.77. The van der Waals surface area contributed by atoms with Crippen LogP contribution in [0.2, 0.25) is 0 Å². The van der Waals surface area contributed by atoms with Crippen LogP contribution >= 0.6 is 0 Å². The van der Waals surface area contributed by atoms with Gasteiger partial charge in [-0.2, -0.15) is 0 Å². The minimum atomic E-state index is -0.105. The van der Waals surface area contributed by atoms with Crippen LogP contribution in [0, 0.1) is 0 Å². The average Bonchev–Trinajstić information content (AvgIpc) is 2.69. The molecule has 0 bridgehead atoms. The highest BCUT2D eigenvalue weighted by Gasteiger charge is 2.32. The van der Waals surface area contributed by atoms with Gasteiger partial charge in [0.15, 0.2) is 0 Å². The molecule has 0 spiro atoms. The Labute approximate surface area is 112 Å². The predicted octanol–water partition coefficient (Wildman–Crippen LogP) is 0.518. The number of anilines is 1. The summed E-state index contributed by atoms with van der Waals surface area (Å²) in [4.78, 5) is 11.1. The number of nitrogens with two attached hydrogens (primary N) is 1. The zero-order chi connectivity index (χ0) is 14.0. The van der Waals surface area contributed by atoms with E-state index in [0.29, 0.717) is 0 Å². The molecule has 5 N–H and O–H groups in total. The molecule has 2 rings (SSSR count). The van der Waals surface area contributed by atoms with Crippen LogP contribution in [-0.4, -0.2) is 25.1 Å². The van der Waals surface area contributed by atoms with Gasteiger partial charge in [0, 0.05) is 30.3 Å². The van der Waals surface area contributed by atoms with Gasteiger partial charge in [0.25, 0.3) is 0 Å². The van der Waals surface area contributed by atoms with Crippen LogP contribution < -0.4 is 26.6 Å². The molecule has 3 unspecified atom stereocenters. The highest BCUT2D eigenvalue weighted by Crippen LogP contribution is 2.32. The van der Waals surface area contributed by atoms with Gasteiger partial charge in [0.1, 0.15) is 5.75 Å². The molecule has 1 saturated heterocycles. The highest BCUT2D eigenvalue weighted by atomic mass is 16.5. The van der Waals surface area contributed by atoms with Gasteiger partial charge >= 0.3 is 0 Å². The molecule has 6 heteroatoms. The number of ether oxygens (including phenoxy) is 1. The van der Waals surface area contributed by atoms with E-state index in [1.165, 1.54) is 6.92 Å². The number of methoxy groups -OCH3 is 1. The molecule has 1 aliphatic heterocycles. The quantitative estimate of drug-likeness (QED) is 0.639. The van der Waals surface area contributed by atoms with Gasteiger partial charge in [-0.15, -0.1) is 0 Å². The number of hydrogen-bond donors (Lipinski definition) is 4. The number of amides is 1. The van der Waals surface area contributed by atoms with Crippen molar-refractivity contribution >= 4 is 11.6 Å². The Morgan fingerprint density at radius 3 is 2.68 bits per heavy atom. The minimum Gasteiger partial charge on any atom is -0.496 e. The smallest absolute Gasteiger partial charge is 0.221 e. The van der Waals surface area contributed by atoms with Gasteiger partial charge in [0.05, 0.1) is 13.2 Å². The molecule has 104 valence electrons. The first-order chi connectivity index (χ1) is 9.02. The lowest BCUT2D eigenvalue weighted by Crippen LogP contribution is -2.35. The SMILES string of the molecule is COc1ccc(NC(C)=O)cc1C1NNC(C)C1N. The molecule has 6 nitrogen and oxygen atoms in total. The monoisotopic (exact) mass is 264 g/mol. The molecule has 1 aromatic carbocycles. The topological polar surface area (TPSA) is 88.4 Å². The molecule has 0 radical (unpaired) electrons. The Kier molecular flexibility index (Phi) is 4.04. The molecular weight excluding hydrogens is 244 g/mol. The summed E-state index contributed by atoms with van der Waals surface area (Å²) in [7, 11) is 1.62. The van der Waals surface area contributed by atoms with E-state index in [2.05, 4.69) is 16.2 Å². The van der Waals surface area contributed by atoms with E-state index in [1.807, 2.05) is 19.1 Å². The Hall–Kier alpha value is -1.63. The number of benzene rings is 1. The number of nitrogens with one attached hydrogen (secondary N) is 3. The van der Waals surface area contributed by atoms with Crippen LogP contribution in [0.5, 0.6) is 5.75 Å². The summed E-state index contributed by atoms with van der Waals surface area (Å²) in [6.07, 6.45) is 0. The first kappa shape index (κ1) is 13.8. The summed E-state index contributed by atoms with van der Waals surface area (Å²) in [6.45, 7) is 3.49. The van der Waals surface area contributed by atoms with Crippen LogP contribution in [0.25, 0.3) is 0 Å².